The van der Waals surface area contributed by atoms with E-state index in [0.29, 0.717) is 12.6 Å². The van der Waals surface area contributed by atoms with Crippen molar-refractivity contribution in [3.63, 3.8) is 0 Å². The van der Waals surface area contributed by atoms with Gasteiger partial charge >= 0.3 is 0 Å². The average Bonchev–Trinajstić information content (AvgIpc) is 2.42. The van der Waals surface area contributed by atoms with Gasteiger partial charge in [-0.15, -0.1) is 0 Å². The van der Waals surface area contributed by atoms with Crippen LogP contribution in [0.5, 0.6) is 11.5 Å². The Morgan fingerprint density at radius 2 is 1.76 bits per heavy atom. The standard InChI is InChI=1S/C18H22FNO/c1-12(2)20-11-15-8-9-17(16(19)10-15)21-18-13(3)6-5-7-14(18)4/h5-10,12,20H,11H2,1-4H3. The Morgan fingerprint density at radius 1 is 1.10 bits per heavy atom. The molecule has 0 aromatic heterocycles. The molecule has 2 aromatic rings. The van der Waals surface area contributed by atoms with E-state index >= 15 is 0 Å². The molecular weight excluding hydrogens is 265 g/mol. The number of halogens is 1. The van der Waals surface area contributed by atoms with Crippen molar-refractivity contribution in [1.29, 1.82) is 0 Å². The highest BCUT2D eigenvalue weighted by atomic mass is 19.1. The van der Waals surface area contributed by atoms with E-state index in [1.807, 2.05) is 38.1 Å². The molecule has 0 atom stereocenters. The fourth-order valence-corrected chi connectivity index (χ4v) is 2.13. The van der Waals surface area contributed by atoms with Crippen LogP contribution < -0.4 is 10.1 Å². The number of rotatable bonds is 5. The largest absolute Gasteiger partial charge is 0.454 e. The Kier molecular flexibility index (Phi) is 4.97. The summed E-state index contributed by atoms with van der Waals surface area (Å²) in [7, 11) is 0. The maximum atomic E-state index is 14.2. The molecule has 0 heterocycles. The van der Waals surface area contributed by atoms with Gasteiger partial charge in [0, 0.05) is 12.6 Å². The molecular formula is C18H22FNO. The van der Waals surface area contributed by atoms with E-state index in [4.69, 9.17) is 4.74 Å². The van der Waals surface area contributed by atoms with Crippen molar-refractivity contribution < 1.29 is 9.13 Å². The van der Waals surface area contributed by atoms with Crippen LogP contribution >= 0.6 is 0 Å². The molecule has 0 saturated heterocycles. The molecule has 0 unspecified atom stereocenters. The van der Waals surface area contributed by atoms with Gasteiger partial charge in [-0.1, -0.05) is 38.1 Å². The molecule has 2 aromatic carbocycles. The number of nitrogens with one attached hydrogen (secondary N) is 1. The number of ether oxygens (including phenoxy) is 1. The quantitative estimate of drug-likeness (QED) is 0.858. The number of benzene rings is 2. The van der Waals surface area contributed by atoms with Crippen molar-refractivity contribution in [2.75, 3.05) is 0 Å². The Bertz CT molecular complexity index is 602. The Balaban J connectivity index is 2.18. The second-order valence-corrected chi connectivity index (χ2v) is 5.62. The van der Waals surface area contributed by atoms with Crippen molar-refractivity contribution >= 4 is 0 Å². The van der Waals surface area contributed by atoms with Gasteiger partial charge in [0.2, 0.25) is 0 Å². The molecule has 0 amide bonds. The van der Waals surface area contributed by atoms with E-state index in [9.17, 15) is 4.39 Å². The predicted octanol–water partition coefficient (Wildman–Crippen LogP) is 4.73. The summed E-state index contributed by atoms with van der Waals surface area (Å²) in [6.45, 7) is 8.70. The summed E-state index contributed by atoms with van der Waals surface area (Å²) in [5.74, 6) is 0.658. The lowest BCUT2D eigenvalue weighted by atomic mass is 10.1. The van der Waals surface area contributed by atoms with E-state index < -0.39 is 0 Å². The second-order valence-electron chi connectivity index (χ2n) is 5.62. The van der Waals surface area contributed by atoms with Crippen molar-refractivity contribution in [1.82, 2.24) is 5.32 Å². The zero-order valence-corrected chi connectivity index (χ0v) is 13.0. The molecule has 0 spiro atoms. The minimum Gasteiger partial charge on any atom is -0.454 e. The molecule has 3 heteroatoms. The van der Waals surface area contributed by atoms with Crippen LogP contribution in [-0.2, 0) is 6.54 Å². The fraction of sp³-hybridized carbons (Fsp3) is 0.333. The second kappa shape index (κ2) is 6.72. The molecule has 1 N–H and O–H groups in total. The highest BCUT2D eigenvalue weighted by Gasteiger charge is 2.10. The summed E-state index contributed by atoms with van der Waals surface area (Å²) in [6.07, 6.45) is 0. The number of hydrogen-bond acceptors (Lipinski definition) is 2. The van der Waals surface area contributed by atoms with Crippen molar-refractivity contribution in [3.05, 3.63) is 58.9 Å². The van der Waals surface area contributed by atoms with E-state index in [1.54, 1.807) is 6.07 Å². The zero-order chi connectivity index (χ0) is 15.4. The Morgan fingerprint density at radius 3 is 2.33 bits per heavy atom. The van der Waals surface area contributed by atoms with Gasteiger partial charge in [0.25, 0.3) is 0 Å². The van der Waals surface area contributed by atoms with Crippen LogP contribution in [0, 0.1) is 19.7 Å². The summed E-state index contributed by atoms with van der Waals surface area (Å²) < 4.78 is 19.9. The van der Waals surface area contributed by atoms with Crippen molar-refractivity contribution in [2.24, 2.45) is 0 Å². The van der Waals surface area contributed by atoms with Crippen LogP contribution in [0.4, 0.5) is 4.39 Å². The first-order chi connectivity index (χ1) is 9.97. The summed E-state index contributed by atoms with van der Waals surface area (Å²) in [4.78, 5) is 0. The van der Waals surface area contributed by atoms with Crippen LogP contribution in [0.2, 0.25) is 0 Å². The lowest BCUT2D eigenvalue weighted by Gasteiger charge is -2.13. The number of hydrogen-bond donors (Lipinski definition) is 1. The Hall–Kier alpha value is -1.87. The molecule has 0 bridgehead atoms. The first-order valence-electron chi connectivity index (χ1n) is 7.23. The monoisotopic (exact) mass is 287 g/mol. The van der Waals surface area contributed by atoms with Crippen LogP contribution in [0.1, 0.15) is 30.5 Å². The maximum absolute atomic E-state index is 14.2. The molecule has 0 saturated carbocycles. The topological polar surface area (TPSA) is 21.3 Å². The smallest absolute Gasteiger partial charge is 0.166 e. The van der Waals surface area contributed by atoms with E-state index in [1.165, 1.54) is 6.07 Å². The van der Waals surface area contributed by atoms with Crippen molar-refractivity contribution in [3.8, 4) is 11.5 Å². The summed E-state index contributed by atoms with van der Waals surface area (Å²) in [5, 5.41) is 3.27. The SMILES string of the molecule is Cc1cccc(C)c1Oc1ccc(CNC(C)C)cc1F. The van der Waals surface area contributed by atoms with Gasteiger partial charge < -0.3 is 10.1 Å². The number of aryl methyl sites for hydroxylation is 2. The third kappa shape index (κ3) is 4.05. The lowest BCUT2D eigenvalue weighted by molar-refractivity contribution is 0.436. The van der Waals surface area contributed by atoms with Gasteiger partial charge in [0.1, 0.15) is 5.75 Å². The van der Waals surface area contributed by atoms with Crippen LogP contribution in [0.15, 0.2) is 36.4 Å². The highest BCUT2D eigenvalue weighted by Crippen LogP contribution is 2.30. The predicted molar refractivity (Wildman–Crippen MR) is 84.4 cm³/mol. The third-order valence-corrected chi connectivity index (χ3v) is 3.33. The first kappa shape index (κ1) is 15.5. The minimum absolute atomic E-state index is 0.265. The normalized spacial score (nSPS) is 11.0. The van der Waals surface area contributed by atoms with E-state index in [0.717, 1.165) is 22.4 Å². The fourth-order valence-electron chi connectivity index (χ4n) is 2.13. The minimum atomic E-state index is -0.333. The zero-order valence-electron chi connectivity index (χ0n) is 13.0. The maximum Gasteiger partial charge on any atom is 0.166 e. The van der Waals surface area contributed by atoms with Gasteiger partial charge in [-0.2, -0.15) is 0 Å². The molecule has 2 rings (SSSR count). The molecule has 2 nitrogen and oxygen atoms in total. The van der Waals surface area contributed by atoms with Crippen LogP contribution in [0.3, 0.4) is 0 Å². The molecule has 21 heavy (non-hydrogen) atoms. The summed E-state index contributed by atoms with van der Waals surface area (Å²) in [6, 6.07) is 11.4. The lowest BCUT2D eigenvalue weighted by Crippen LogP contribution is -2.21. The van der Waals surface area contributed by atoms with Gasteiger partial charge in [0.05, 0.1) is 0 Å². The van der Waals surface area contributed by atoms with Gasteiger partial charge in [-0.3, -0.25) is 0 Å². The molecule has 0 aliphatic carbocycles. The highest BCUT2D eigenvalue weighted by molar-refractivity contribution is 5.43. The van der Waals surface area contributed by atoms with Gasteiger partial charge in [-0.05, 0) is 42.7 Å². The van der Waals surface area contributed by atoms with Crippen LogP contribution in [0.25, 0.3) is 0 Å². The summed E-state index contributed by atoms with van der Waals surface area (Å²) >= 11 is 0. The molecule has 0 radical (unpaired) electrons. The van der Waals surface area contributed by atoms with Gasteiger partial charge in [-0.25, -0.2) is 4.39 Å². The number of para-hydroxylation sites is 1. The molecule has 0 fully saturated rings. The molecule has 112 valence electrons. The van der Waals surface area contributed by atoms with Crippen LogP contribution in [-0.4, -0.2) is 6.04 Å². The first-order valence-corrected chi connectivity index (χ1v) is 7.23. The van der Waals surface area contributed by atoms with E-state index in [2.05, 4.69) is 19.2 Å². The third-order valence-electron chi connectivity index (χ3n) is 3.33. The average molecular weight is 287 g/mol. The van der Waals surface area contributed by atoms with Gasteiger partial charge in [0.15, 0.2) is 11.6 Å². The molecule has 0 aliphatic rings. The Labute approximate surface area is 126 Å². The summed E-state index contributed by atoms with van der Waals surface area (Å²) in [5.41, 5.74) is 2.91. The van der Waals surface area contributed by atoms with Crippen molar-refractivity contribution in [2.45, 2.75) is 40.3 Å². The van der Waals surface area contributed by atoms with E-state index in [-0.39, 0.29) is 11.6 Å². The molecule has 0 aliphatic heterocycles.